The highest BCUT2D eigenvalue weighted by molar-refractivity contribution is 5.29. The Labute approximate surface area is 112 Å². The Morgan fingerprint density at radius 1 is 1.00 bits per heavy atom. The second kappa shape index (κ2) is 4.78. The second-order valence-corrected chi connectivity index (χ2v) is 5.37. The van der Waals surface area contributed by atoms with Crippen LogP contribution in [-0.2, 0) is 12.0 Å². The van der Waals surface area contributed by atoms with Crippen molar-refractivity contribution in [3.05, 3.63) is 71.5 Å². The normalized spacial score (nSPS) is 18.0. The predicted octanol–water partition coefficient (Wildman–Crippen LogP) is 3.67. The fourth-order valence-electron chi connectivity index (χ4n) is 2.68. The van der Waals surface area contributed by atoms with Crippen LogP contribution in [0.3, 0.4) is 0 Å². The van der Waals surface area contributed by atoms with Crippen LogP contribution in [0.25, 0.3) is 0 Å². The summed E-state index contributed by atoms with van der Waals surface area (Å²) >= 11 is 0. The molecule has 0 aromatic heterocycles. The van der Waals surface area contributed by atoms with Crippen LogP contribution < -0.4 is 0 Å². The Kier molecular flexibility index (Phi) is 3.11. The Bertz CT molecular complexity index is 545. The quantitative estimate of drug-likeness (QED) is 0.885. The van der Waals surface area contributed by atoms with Gasteiger partial charge in [-0.1, -0.05) is 42.5 Å². The molecule has 0 radical (unpaired) electrons. The van der Waals surface area contributed by atoms with Gasteiger partial charge in [0.1, 0.15) is 5.82 Å². The highest BCUT2D eigenvalue weighted by Crippen LogP contribution is 2.47. The first-order valence-electron chi connectivity index (χ1n) is 6.71. The molecule has 1 atom stereocenters. The van der Waals surface area contributed by atoms with Crippen molar-refractivity contribution in [1.82, 2.24) is 0 Å². The molecule has 1 fully saturated rings. The van der Waals surface area contributed by atoms with E-state index in [9.17, 15) is 9.50 Å². The molecule has 0 saturated heterocycles. The smallest absolute Gasteiger partial charge is 0.123 e. The molecule has 2 heteroatoms. The maximum atomic E-state index is 13.0. The number of hydrogen-bond donors (Lipinski definition) is 1. The third kappa shape index (κ3) is 2.54. The largest absolute Gasteiger partial charge is 0.385 e. The van der Waals surface area contributed by atoms with Crippen molar-refractivity contribution in [3.8, 4) is 0 Å². The summed E-state index contributed by atoms with van der Waals surface area (Å²) in [6.07, 6.45) is 2.67. The van der Waals surface area contributed by atoms with Crippen molar-refractivity contribution in [2.45, 2.75) is 24.9 Å². The van der Waals surface area contributed by atoms with Gasteiger partial charge in [0.05, 0.1) is 5.60 Å². The van der Waals surface area contributed by atoms with E-state index in [1.807, 2.05) is 30.3 Å². The molecule has 0 unspecified atom stereocenters. The first-order valence-corrected chi connectivity index (χ1v) is 6.71. The van der Waals surface area contributed by atoms with E-state index < -0.39 is 5.60 Å². The molecular formula is C17H17FO. The zero-order valence-corrected chi connectivity index (χ0v) is 10.7. The monoisotopic (exact) mass is 256 g/mol. The lowest BCUT2D eigenvalue weighted by Gasteiger charge is -2.29. The van der Waals surface area contributed by atoms with E-state index in [0.29, 0.717) is 12.3 Å². The number of halogens is 1. The number of rotatable bonds is 4. The Morgan fingerprint density at radius 3 is 2.21 bits per heavy atom. The lowest BCUT2D eigenvalue weighted by atomic mass is 9.83. The van der Waals surface area contributed by atoms with Gasteiger partial charge in [0.15, 0.2) is 0 Å². The van der Waals surface area contributed by atoms with Gasteiger partial charge in [-0.3, -0.25) is 0 Å². The Hall–Kier alpha value is -1.67. The van der Waals surface area contributed by atoms with Crippen LogP contribution in [0.2, 0.25) is 0 Å². The minimum absolute atomic E-state index is 0.238. The maximum Gasteiger partial charge on any atom is 0.123 e. The second-order valence-electron chi connectivity index (χ2n) is 5.37. The summed E-state index contributed by atoms with van der Waals surface area (Å²) in [5.41, 5.74) is 1.11. The fraction of sp³-hybridized carbons (Fsp3) is 0.294. The maximum absolute atomic E-state index is 13.0. The van der Waals surface area contributed by atoms with Gasteiger partial charge in [0.25, 0.3) is 0 Å². The molecule has 1 aliphatic rings. The van der Waals surface area contributed by atoms with E-state index in [-0.39, 0.29) is 5.82 Å². The molecule has 1 nitrogen and oxygen atoms in total. The van der Waals surface area contributed by atoms with Crippen molar-refractivity contribution >= 4 is 0 Å². The van der Waals surface area contributed by atoms with Gasteiger partial charge in [-0.05, 0) is 42.0 Å². The lowest BCUT2D eigenvalue weighted by Crippen LogP contribution is -2.31. The van der Waals surface area contributed by atoms with Crippen LogP contribution in [0.1, 0.15) is 24.0 Å². The minimum Gasteiger partial charge on any atom is -0.385 e. The van der Waals surface area contributed by atoms with Crippen molar-refractivity contribution in [2.75, 3.05) is 0 Å². The van der Waals surface area contributed by atoms with E-state index in [1.54, 1.807) is 12.1 Å². The standard InChI is InChI=1S/C17H17FO/c18-16-10-6-13(7-11-16)12-17(19,15-8-9-15)14-4-2-1-3-5-14/h1-7,10-11,15,19H,8-9,12H2/t17-/m0/s1. The molecule has 0 amide bonds. The van der Waals surface area contributed by atoms with Gasteiger partial charge in [0, 0.05) is 6.42 Å². The molecule has 0 heterocycles. The minimum atomic E-state index is -0.820. The zero-order chi connectivity index (χ0) is 13.3. The van der Waals surface area contributed by atoms with Gasteiger partial charge in [0.2, 0.25) is 0 Å². The zero-order valence-electron chi connectivity index (χ0n) is 10.7. The predicted molar refractivity (Wildman–Crippen MR) is 73.2 cm³/mol. The van der Waals surface area contributed by atoms with Crippen LogP contribution in [0.4, 0.5) is 4.39 Å². The summed E-state index contributed by atoms with van der Waals surface area (Å²) in [7, 11) is 0. The highest BCUT2D eigenvalue weighted by Gasteiger charge is 2.44. The summed E-state index contributed by atoms with van der Waals surface area (Å²) in [4.78, 5) is 0. The number of hydrogen-bond acceptors (Lipinski definition) is 1. The Balaban J connectivity index is 1.91. The molecule has 1 saturated carbocycles. The molecule has 1 aliphatic carbocycles. The first-order chi connectivity index (χ1) is 9.18. The summed E-state index contributed by atoms with van der Waals surface area (Å²) in [5, 5.41) is 11.1. The molecule has 0 aliphatic heterocycles. The molecule has 2 aromatic rings. The van der Waals surface area contributed by atoms with Crippen molar-refractivity contribution < 1.29 is 9.50 Å². The lowest BCUT2D eigenvalue weighted by molar-refractivity contribution is 0.0131. The van der Waals surface area contributed by atoms with Gasteiger partial charge >= 0.3 is 0 Å². The average Bonchev–Trinajstić information content (AvgIpc) is 3.27. The van der Waals surface area contributed by atoms with Gasteiger partial charge in [-0.2, -0.15) is 0 Å². The summed E-state index contributed by atoms with van der Waals surface area (Å²) in [6.45, 7) is 0. The third-order valence-electron chi connectivity index (χ3n) is 3.91. The molecule has 98 valence electrons. The number of aliphatic hydroxyl groups is 1. The van der Waals surface area contributed by atoms with Crippen LogP contribution >= 0.6 is 0 Å². The van der Waals surface area contributed by atoms with E-state index in [2.05, 4.69) is 0 Å². The highest BCUT2D eigenvalue weighted by atomic mass is 19.1. The summed E-state index contributed by atoms with van der Waals surface area (Å²) in [5.74, 6) is 0.0818. The van der Waals surface area contributed by atoms with Crippen LogP contribution in [0.15, 0.2) is 54.6 Å². The third-order valence-corrected chi connectivity index (χ3v) is 3.91. The van der Waals surface area contributed by atoms with Crippen LogP contribution in [0, 0.1) is 11.7 Å². The first kappa shape index (κ1) is 12.4. The Morgan fingerprint density at radius 2 is 1.63 bits per heavy atom. The van der Waals surface area contributed by atoms with Crippen molar-refractivity contribution in [2.24, 2.45) is 5.92 Å². The van der Waals surface area contributed by atoms with Gasteiger partial charge < -0.3 is 5.11 Å². The van der Waals surface area contributed by atoms with E-state index in [4.69, 9.17) is 0 Å². The van der Waals surface area contributed by atoms with Crippen LogP contribution in [0.5, 0.6) is 0 Å². The fourth-order valence-corrected chi connectivity index (χ4v) is 2.68. The summed E-state index contributed by atoms with van der Waals surface area (Å²) < 4.78 is 13.0. The SMILES string of the molecule is O[C@@](Cc1ccc(F)cc1)(c1ccccc1)C1CC1. The van der Waals surface area contributed by atoms with Crippen molar-refractivity contribution in [3.63, 3.8) is 0 Å². The van der Waals surface area contributed by atoms with Crippen molar-refractivity contribution in [1.29, 1.82) is 0 Å². The molecule has 0 spiro atoms. The van der Waals surface area contributed by atoms with Gasteiger partial charge in [-0.25, -0.2) is 4.39 Å². The molecule has 3 rings (SSSR count). The van der Waals surface area contributed by atoms with E-state index in [0.717, 1.165) is 24.0 Å². The molecule has 1 N–H and O–H groups in total. The average molecular weight is 256 g/mol. The topological polar surface area (TPSA) is 20.2 Å². The number of benzene rings is 2. The summed E-state index contributed by atoms with van der Waals surface area (Å²) in [6, 6.07) is 16.2. The van der Waals surface area contributed by atoms with Crippen LogP contribution in [-0.4, -0.2) is 5.11 Å². The van der Waals surface area contributed by atoms with E-state index in [1.165, 1.54) is 12.1 Å². The molecule has 0 bridgehead atoms. The molecular weight excluding hydrogens is 239 g/mol. The molecule has 19 heavy (non-hydrogen) atoms. The van der Waals surface area contributed by atoms with Gasteiger partial charge in [-0.15, -0.1) is 0 Å². The van der Waals surface area contributed by atoms with E-state index >= 15 is 0 Å². The molecule has 2 aromatic carbocycles.